The van der Waals surface area contributed by atoms with E-state index in [0.29, 0.717) is 6.10 Å². The number of rotatable bonds is 5. The van der Waals surface area contributed by atoms with E-state index in [2.05, 4.69) is 48.5 Å². The van der Waals surface area contributed by atoms with E-state index < -0.39 is 0 Å². The fourth-order valence-corrected chi connectivity index (χ4v) is 2.34. The molecule has 0 saturated carbocycles. The first kappa shape index (κ1) is 13.5. The molecular weight excluding hydrogens is 224 g/mol. The lowest BCUT2D eigenvalue weighted by atomic mass is 10.1. The van der Waals surface area contributed by atoms with Crippen LogP contribution in [0.1, 0.15) is 18.1 Å². The summed E-state index contributed by atoms with van der Waals surface area (Å²) in [4.78, 5) is 2.33. The topological polar surface area (TPSA) is 24.5 Å². The summed E-state index contributed by atoms with van der Waals surface area (Å²) in [5.41, 5.74) is 2.78. The highest BCUT2D eigenvalue weighted by molar-refractivity contribution is 5.22. The molecule has 2 rings (SSSR count). The molecule has 3 nitrogen and oxygen atoms in total. The first-order valence-electron chi connectivity index (χ1n) is 6.86. The Morgan fingerprint density at radius 2 is 2.00 bits per heavy atom. The van der Waals surface area contributed by atoms with Crippen LogP contribution in [0.15, 0.2) is 24.3 Å². The van der Waals surface area contributed by atoms with Gasteiger partial charge in [-0.1, -0.05) is 31.2 Å². The van der Waals surface area contributed by atoms with E-state index in [9.17, 15) is 0 Å². The fourth-order valence-electron chi connectivity index (χ4n) is 2.34. The lowest BCUT2D eigenvalue weighted by molar-refractivity contribution is 0.00885. The minimum absolute atomic E-state index is 0.332. The molecule has 1 N–H and O–H groups in total. The molecular formula is C15H24N2O. The zero-order valence-electron chi connectivity index (χ0n) is 11.5. The molecule has 1 aliphatic rings. The fraction of sp³-hybridized carbons (Fsp3) is 0.600. The predicted molar refractivity (Wildman–Crippen MR) is 74.8 cm³/mol. The quantitative estimate of drug-likeness (QED) is 0.858. The molecule has 1 fully saturated rings. The summed E-state index contributed by atoms with van der Waals surface area (Å²) in [7, 11) is 2.16. The van der Waals surface area contributed by atoms with Crippen molar-refractivity contribution in [2.75, 3.05) is 33.3 Å². The van der Waals surface area contributed by atoms with Crippen molar-refractivity contribution in [1.82, 2.24) is 10.2 Å². The van der Waals surface area contributed by atoms with Crippen molar-refractivity contribution in [3.63, 3.8) is 0 Å². The van der Waals surface area contributed by atoms with Gasteiger partial charge in [0.1, 0.15) is 0 Å². The van der Waals surface area contributed by atoms with E-state index >= 15 is 0 Å². The summed E-state index contributed by atoms with van der Waals surface area (Å²) < 4.78 is 5.72. The third-order valence-corrected chi connectivity index (χ3v) is 3.40. The van der Waals surface area contributed by atoms with Gasteiger partial charge in [-0.25, -0.2) is 0 Å². The maximum absolute atomic E-state index is 5.72. The van der Waals surface area contributed by atoms with Crippen LogP contribution in [-0.2, 0) is 17.7 Å². The molecule has 100 valence electrons. The highest BCUT2D eigenvalue weighted by Crippen LogP contribution is 2.08. The number of benzene rings is 1. The molecule has 1 atom stereocenters. The smallest absolute Gasteiger partial charge is 0.0826 e. The van der Waals surface area contributed by atoms with Crippen molar-refractivity contribution in [1.29, 1.82) is 0 Å². The lowest BCUT2D eigenvalue weighted by Gasteiger charge is -2.28. The Kier molecular flexibility index (Phi) is 5.17. The summed E-state index contributed by atoms with van der Waals surface area (Å²) in [6.45, 7) is 6.96. The molecule has 1 heterocycles. The Bertz CT molecular complexity index is 344. The van der Waals surface area contributed by atoms with Crippen LogP contribution in [0, 0.1) is 0 Å². The monoisotopic (exact) mass is 248 g/mol. The molecule has 0 spiro atoms. The minimum atomic E-state index is 0.332. The van der Waals surface area contributed by atoms with Crippen molar-refractivity contribution in [2.45, 2.75) is 26.0 Å². The van der Waals surface area contributed by atoms with Gasteiger partial charge in [-0.3, -0.25) is 4.90 Å². The molecule has 1 unspecified atom stereocenters. The zero-order chi connectivity index (χ0) is 12.8. The summed E-state index contributed by atoms with van der Waals surface area (Å²) in [6, 6.07) is 8.91. The van der Waals surface area contributed by atoms with Gasteiger partial charge < -0.3 is 10.1 Å². The van der Waals surface area contributed by atoms with Crippen molar-refractivity contribution in [3.8, 4) is 0 Å². The number of aryl methyl sites for hydroxylation is 1. The van der Waals surface area contributed by atoms with Gasteiger partial charge in [0.05, 0.1) is 12.7 Å². The normalized spacial score (nSPS) is 20.3. The molecule has 1 aliphatic heterocycles. The highest BCUT2D eigenvalue weighted by Gasteiger charge is 2.15. The molecule has 1 aromatic rings. The Morgan fingerprint density at radius 3 is 2.61 bits per heavy atom. The van der Waals surface area contributed by atoms with Gasteiger partial charge in [0, 0.05) is 26.2 Å². The Hall–Kier alpha value is -0.900. The molecule has 0 aromatic heterocycles. The number of hydrogen-bond donors (Lipinski definition) is 1. The Morgan fingerprint density at radius 1 is 1.28 bits per heavy atom. The zero-order valence-corrected chi connectivity index (χ0v) is 11.5. The average Bonchev–Trinajstić information content (AvgIpc) is 2.40. The van der Waals surface area contributed by atoms with Crippen LogP contribution in [0.4, 0.5) is 0 Å². The maximum atomic E-state index is 5.72. The second kappa shape index (κ2) is 6.88. The van der Waals surface area contributed by atoms with Crippen LogP contribution < -0.4 is 5.32 Å². The molecule has 0 amide bonds. The van der Waals surface area contributed by atoms with Crippen LogP contribution in [0.25, 0.3) is 0 Å². The third-order valence-electron chi connectivity index (χ3n) is 3.40. The van der Waals surface area contributed by atoms with Crippen molar-refractivity contribution < 1.29 is 4.74 Å². The van der Waals surface area contributed by atoms with E-state index in [1.165, 1.54) is 11.1 Å². The standard InChI is InChI=1S/C15H24N2O/c1-3-13-4-6-14(7-5-13)11-17(2)12-15-10-16-8-9-18-15/h4-7,15-16H,3,8-12H2,1-2H3. The summed E-state index contributed by atoms with van der Waals surface area (Å²) in [5, 5.41) is 3.37. The van der Waals surface area contributed by atoms with Crippen LogP contribution in [0.2, 0.25) is 0 Å². The highest BCUT2D eigenvalue weighted by atomic mass is 16.5. The van der Waals surface area contributed by atoms with E-state index in [0.717, 1.165) is 39.2 Å². The second-order valence-electron chi connectivity index (χ2n) is 5.06. The number of nitrogens with zero attached hydrogens (tertiary/aromatic N) is 1. The molecule has 0 bridgehead atoms. The Balaban J connectivity index is 1.80. The molecule has 18 heavy (non-hydrogen) atoms. The van der Waals surface area contributed by atoms with E-state index in [1.807, 2.05) is 0 Å². The van der Waals surface area contributed by atoms with Gasteiger partial charge in [0.15, 0.2) is 0 Å². The molecule has 0 aliphatic carbocycles. The molecule has 1 saturated heterocycles. The number of ether oxygens (including phenoxy) is 1. The maximum Gasteiger partial charge on any atom is 0.0826 e. The number of nitrogens with one attached hydrogen (secondary N) is 1. The number of likely N-dealkylation sites (N-methyl/N-ethyl adjacent to an activating group) is 1. The third kappa shape index (κ3) is 4.09. The number of morpholine rings is 1. The van der Waals surface area contributed by atoms with Crippen molar-refractivity contribution >= 4 is 0 Å². The van der Waals surface area contributed by atoms with Gasteiger partial charge in [-0.2, -0.15) is 0 Å². The SMILES string of the molecule is CCc1ccc(CN(C)CC2CNCCO2)cc1. The minimum Gasteiger partial charge on any atom is -0.374 e. The lowest BCUT2D eigenvalue weighted by Crippen LogP contribution is -2.44. The largest absolute Gasteiger partial charge is 0.374 e. The van der Waals surface area contributed by atoms with E-state index in [1.54, 1.807) is 0 Å². The summed E-state index contributed by atoms with van der Waals surface area (Å²) >= 11 is 0. The van der Waals surface area contributed by atoms with Gasteiger partial charge in [-0.15, -0.1) is 0 Å². The number of hydrogen-bond acceptors (Lipinski definition) is 3. The first-order chi connectivity index (χ1) is 8.78. The van der Waals surface area contributed by atoms with E-state index in [-0.39, 0.29) is 0 Å². The Labute approximate surface area is 110 Å². The van der Waals surface area contributed by atoms with Crippen LogP contribution in [0.5, 0.6) is 0 Å². The summed E-state index contributed by atoms with van der Waals surface area (Å²) in [5.74, 6) is 0. The predicted octanol–water partition coefficient (Wildman–Crippen LogP) is 1.67. The molecule has 3 heteroatoms. The second-order valence-corrected chi connectivity index (χ2v) is 5.06. The average molecular weight is 248 g/mol. The van der Waals surface area contributed by atoms with Crippen LogP contribution in [0.3, 0.4) is 0 Å². The van der Waals surface area contributed by atoms with Gasteiger partial charge in [-0.05, 0) is 24.6 Å². The van der Waals surface area contributed by atoms with Crippen molar-refractivity contribution in [2.24, 2.45) is 0 Å². The van der Waals surface area contributed by atoms with Gasteiger partial charge in [0.25, 0.3) is 0 Å². The van der Waals surface area contributed by atoms with Crippen molar-refractivity contribution in [3.05, 3.63) is 35.4 Å². The first-order valence-corrected chi connectivity index (χ1v) is 6.86. The van der Waals surface area contributed by atoms with Crippen LogP contribution >= 0.6 is 0 Å². The van der Waals surface area contributed by atoms with Gasteiger partial charge in [0.2, 0.25) is 0 Å². The van der Waals surface area contributed by atoms with Gasteiger partial charge >= 0.3 is 0 Å². The molecule has 1 aromatic carbocycles. The summed E-state index contributed by atoms with van der Waals surface area (Å²) in [6.07, 6.45) is 1.44. The van der Waals surface area contributed by atoms with E-state index in [4.69, 9.17) is 4.74 Å². The van der Waals surface area contributed by atoms with Crippen LogP contribution in [-0.4, -0.2) is 44.3 Å². The molecule has 0 radical (unpaired) electrons.